The maximum atomic E-state index is 4.69. The average Bonchev–Trinajstić information content (AvgIpc) is 1.36. The Labute approximate surface area is 117 Å². The molecule has 0 radical (unpaired) electrons. The van der Waals surface area contributed by atoms with Crippen LogP contribution in [0.2, 0.25) is 0 Å². The fraction of sp³-hybridized carbons (Fsp3) is 0.667. The van der Waals surface area contributed by atoms with Gasteiger partial charge >= 0.3 is 120 Å². The summed E-state index contributed by atoms with van der Waals surface area (Å²) in [7, 11) is 3.80. The summed E-state index contributed by atoms with van der Waals surface area (Å²) < 4.78 is 0.801. The van der Waals surface area contributed by atoms with Crippen LogP contribution in [-0.4, -0.2) is 38.9 Å². The third-order valence-corrected chi connectivity index (χ3v) is 1.50. The van der Waals surface area contributed by atoms with Crippen molar-refractivity contribution in [3.05, 3.63) is 0 Å². The van der Waals surface area contributed by atoms with Crippen LogP contribution < -0.4 is 68.9 Å². The van der Waals surface area contributed by atoms with Gasteiger partial charge in [0.1, 0.15) is 0 Å². The molecule has 0 rings (SSSR count). The summed E-state index contributed by atoms with van der Waals surface area (Å²) in [6, 6.07) is 0. The standard InChI is InChI=1S/C3H7NSSe.Cs/c1-4(2)3(5)6;/h1-2H3,(H,5,6);/q;+1/p-1. The zero-order valence-electron chi connectivity index (χ0n) is 4.76. The van der Waals surface area contributed by atoms with Crippen LogP contribution in [0.3, 0.4) is 0 Å². The SMILES string of the molecule is CN(C)C(=S)[Se-].[Cs+]. The molecule has 0 saturated heterocycles. The Morgan fingerprint density at radius 3 is 1.71 bits per heavy atom. The number of thiocarbonyl (C=S) groups is 1. The molecule has 0 heterocycles. The van der Waals surface area contributed by atoms with Crippen molar-refractivity contribution in [2.45, 2.75) is 0 Å². The molecule has 0 saturated carbocycles. The van der Waals surface area contributed by atoms with Gasteiger partial charge in [-0.1, -0.05) is 0 Å². The van der Waals surface area contributed by atoms with E-state index in [2.05, 4.69) is 28.2 Å². The molecule has 0 bridgehead atoms. The summed E-state index contributed by atoms with van der Waals surface area (Å²) in [5.41, 5.74) is 0. The zero-order chi connectivity index (χ0) is 5.15. The Bertz CT molecular complexity index is 66.0. The van der Waals surface area contributed by atoms with E-state index >= 15 is 0 Å². The van der Waals surface area contributed by atoms with Crippen LogP contribution in [0.25, 0.3) is 0 Å². The Hall–Kier alpha value is 2.46. The van der Waals surface area contributed by atoms with Gasteiger partial charge in [0.2, 0.25) is 0 Å². The van der Waals surface area contributed by atoms with E-state index in [0.29, 0.717) is 0 Å². The van der Waals surface area contributed by atoms with Crippen molar-refractivity contribution in [1.29, 1.82) is 0 Å². The molecule has 0 aromatic heterocycles. The molecule has 36 valence electrons. The molecule has 0 atom stereocenters. The largest absolute Gasteiger partial charge is 1.00 e. The topological polar surface area (TPSA) is 3.24 Å². The molecule has 0 aromatic carbocycles. The molecule has 4 heteroatoms. The van der Waals surface area contributed by atoms with Gasteiger partial charge in [-0.2, -0.15) is 0 Å². The Morgan fingerprint density at radius 2 is 1.71 bits per heavy atom. The fourth-order valence-corrected chi connectivity index (χ4v) is 0. The second kappa shape index (κ2) is 6.58. The summed E-state index contributed by atoms with van der Waals surface area (Å²) in [6.07, 6.45) is 0. The van der Waals surface area contributed by atoms with E-state index in [1.165, 1.54) is 0 Å². The summed E-state index contributed by atoms with van der Waals surface area (Å²) in [4.78, 5) is 1.84. The first-order valence-corrected chi connectivity index (χ1v) is 2.79. The van der Waals surface area contributed by atoms with Gasteiger partial charge in [-0.15, -0.1) is 0 Å². The van der Waals surface area contributed by atoms with Crippen LogP contribution in [0.5, 0.6) is 0 Å². The van der Waals surface area contributed by atoms with Crippen LogP contribution in [0, 0.1) is 0 Å². The molecule has 0 aliphatic heterocycles. The van der Waals surface area contributed by atoms with Gasteiger partial charge < -0.3 is 0 Å². The molecule has 0 spiro atoms. The molecule has 0 aromatic rings. The van der Waals surface area contributed by atoms with E-state index in [9.17, 15) is 0 Å². The Kier molecular flexibility index (Phi) is 11.4. The first kappa shape index (κ1) is 12.2. The van der Waals surface area contributed by atoms with E-state index in [1.54, 1.807) is 0 Å². The van der Waals surface area contributed by atoms with E-state index in [0.717, 1.165) is 3.89 Å². The minimum absolute atomic E-state index is 0. The third kappa shape index (κ3) is 8.46. The number of hydrogen-bond acceptors (Lipinski definition) is 1. The smallest absolute Gasteiger partial charge is 1.00 e. The summed E-state index contributed by atoms with van der Waals surface area (Å²) >= 11 is 7.39. The second-order valence-corrected chi connectivity index (χ2v) is 2.94. The van der Waals surface area contributed by atoms with E-state index in [-0.39, 0.29) is 68.9 Å². The van der Waals surface area contributed by atoms with E-state index < -0.39 is 0 Å². The molecular formula is C3H6CsNSSe. The maximum Gasteiger partial charge on any atom is 1.00 e. The van der Waals surface area contributed by atoms with Crippen molar-refractivity contribution in [2.75, 3.05) is 14.1 Å². The van der Waals surface area contributed by atoms with Crippen LogP contribution >= 0.6 is 12.2 Å². The first-order valence-electron chi connectivity index (χ1n) is 1.53. The minimum atomic E-state index is 0. The fourth-order valence-electron chi connectivity index (χ4n) is 0. The van der Waals surface area contributed by atoms with Gasteiger partial charge in [0.05, 0.1) is 0 Å². The number of nitrogens with zero attached hydrogens (tertiary/aromatic N) is 1. The summed E-state index contributed by atoms with van der Waals surface area (Å²) in [5.74, 6) is 0. The van der Waals surface area contributed by atoms with Crippen molar-refractivity contribution in [2.24, 2.45) is 0 Å². The van der Waals surface area contributed by atoms with Gasteiger partial charge in [0.25, 0.3) is 0 Å². The van der Waals surface area contributed by atoms with Gasteiger partial charge in [-0.3, -0.25) is 0 Å². The first-order chi connectivity index (χ1) is 2.64. The summed E-state index contributed by atoms with van der Waals surface area (Å²) in [5, 5.41) is 0. The molecular weight excluding hydrogens is 294 g/mol. The van der Waals surface area contributed by atoms with Gasteiger partial charge in [-0.05, 0) is 0 Å². The van der Waals surface area contributed by atoms with Crippen molar-refractivity contribution in [1.82, 2.24) is 4.90 Å². The Morgan fingerprint density at radius 1 is 1.57 bits per heavy atom. The van der Waals surface area contributed by atoms with Gasteiger partial charge in [-0.25, -0.2) is 0 Å². The van der Waals surface area contributed by atoms with Crippen LogP contribution in [-0.2, 0) is 0 Å². The molecule has 7 heavy (non-hydrogen) atoms. The van der Waals surface area contributed by atoms with Crippen LogP contribution in [0.4, 0.5) is 0 Å². The molecule has 0 amide bonds. The number of hydrogen-bond donors (Lipinski definition) is 0. The zero-order valence-corrected chi connectivity index (χ0v) is 13.6. The molecule has 0 aliphatic carbocycles. The second-order valence-electron chi connectivity index (χ2n) is 1.16. The predicted octanol–water partition coefficient (Wildman–Crippen LogP) is -2.99. The molecule has 0 N–H and O–H groups in total. The van der Waals surface area contributed by atoms with Crippen molar-refractivity contribution >= 4 is 32.1 Å². The third-order valence-electron chi connectivity index (χ3n) is 0.365. The maximum absolute atomic E-state index is 4.69. The minimum Gasteiger partial charge on any atom is 1.00 e. The van der Waals surface area contributed by atoms with Crippen molar-refractivity contribution < 1.29 is 68.9 Å². The molecule has 0 aliphatic rings. The average molecular weight is 300 g/mol. The van der Waals surface area contributed by atoms with Crippen molar-refractivity contribution in [3.8, 4) is 0 Å². The normalized spacial score (nSPS) is 6.57. The summed E-state index contributed by atoms with van der Waals surface area (Å²) in [6.45, 7) is 0. The Balaban J connectivity index is 0. The number of rotatable bonds is 0. The quantitative estimate of drug-likeness (QED) is 0.347. The molecule has 1 nitrogen and oxygen atoms in total. The van der Waals surface area contributed by atoms with Crippen LogP contribution in [0.1, 0.15) is 0 Å². The van der Waals surface area contributed by atoms with Crippen molar-refractivity contribution in [3.63, 3.8) is 0 Å². The van der Waals surface area contributed by atoms with Gasteiger partial charge in [0.15, 0.2) is 0 Å². The molecule has 0 unspecified atom stereocenters. The molecule has 0 fully saturated rings. The van der Waals surface area contributed by atoms with Crippen LogP contribution in [0.15, 0.2) is 0 Å². The predicted molar refractivity (Wildman–Crippen MR) is 32.0 cm³/mol. The van der Waals surface area contributed by atoms with E-state index in [1.807, 2.05) is 19.0 Å². The monoisotopic (exact) mass is 301 g/mol. The van der Waals surface area contributed by atoms with E-state index in [4.69, 9.17) is 0 Å². The van der Waals surface area contributed by atoms with Gasteiger partial charge in [0, 0.05) is 0 Å².